The van der Waals surface area contributed by atoms with Crippen molar-refractivity contribution in [1.29, 1.82) is 5.26 Å². The van der Waals surface area contributed by atoms with Gasteiger partial charge in [-0.05, 0) is 49.3 Å². The Morgan fingerprint density at radius 1 is 1.16 bits per heavy atom. The lowest BCUT2D eigenvalue weighted by Crippen LogP contribution is -2.55. The van der Waals surface area contributed by atoms with E-state index in [1.54, 1.807) is 18.2 Å². The molecule has 0 aliphatic carbocycles. The van der Waals surface area contributed by atoms with E-state index < -0.39 is 37.1 Å². The number of nitriles is 1. The molecule has 0 unspecified atom stereocenters. The van der Waals surface area contributed by atoms with Gasteiger partial charge in [0.05, 0.1) is 18.2 Å². The molecule has 6 heteroatoms. The van der Waals surface area contributed by atoms with E-state index in [4.69, 9.17) is 4.74 Å². The van der Waals surface area contributed by atoms with Crippen molar-refractivity contribution in [3.05, 3.63) is 58.2 Å². The van der Waals surface area contributed by atoms with Crippen LogP contribution < -0.4 is 0 Å². The molecule has 1 saturated heterocycles. The lowest BCUT2D eigenvalue weighted by atomic mass is 9.89. The summed E-state index contributed by atoms with van der Waals surface area (Å²) in [6.45, 7) is 8.08. The summed E-state index contributed by atoms with van der Waals surface area (Å²) in [6.07, 6.45) is 0.788. The van der Waals surface area contributed by atoms with E-state index in [1.165, 1.54) is 5.57 Å². The molecule has 0 radical (unpaired) electrons. The molecule has 0 aromatic heterocycles. The van der Waals surface area contributed by atoms with Gasteiger partial charge < -0.3 is 25.2 Å². The highest BCUT2D eigenvalue weighted by Gasteiger charge is 2.44. The third-order valence-electron chi connectivity index (χ3n) is 5.67. The molecule has 4 N–H and O–H groups in total. The molecule has 5 atom stereocenters. The highest BCUT2D eigenvalue weighted by Crippen LogP contribution is 2.33. The molecule has 0 saturated carbocycles. The molecular weight excluding hydrogens is 394 g/mol. The second-order valence-corrected chi connectivity index (χ2v) is 8.74. The van der Waals surface area contributed by atoms with Gasteiger partial charge in [0.25, 0.3) is 0 Å². The summed E-state index contributed by atoms with van der Waals surface area (Å²) < 4.78 is 5.66. The van der Waals surface area contributed by atoms with Crippen LogP contribution in [0.15, 0.2) is 41.5 Å². The van der Waals surface area contributed by atoms with Crippen molar-refractivity contribution in [2.75, 3.05) is 6.61 Å². The van der Waals surface area contributed by atoms with Crippen LogP contribution in [0, 0.1) is 17.2 Å². The smallest absolute Gasteiger partial charge is 0.113 e. The molecule has 1 fully saturated rings. The summed E-state index contributed by atoms with van der Waals surface area (Å²) in [5.74, 6) is 0.598. The zero-order valence-electron chi connectivity index (χ0n) is 18.8. The van der Waals surface area contributed by atoms with E-state index in [0.29, 0.717) is 23.5 Å². The quantitative estimate of drug-likeness (QED) is 0.473. The lowest BCUT2D eigenvalue weighted by Gasteiger charge is -2.40. The van der Waals surface area contributed by atoms with Crippen LogP contribution in [0.3, 0.4) is 0 Å². The van der Waals surface area contributed by atoms with Crippen LogP contribution in [-0.2, 0) is 11.2 Å². The van der Waals surface area contributed by atoms with Crippen molar-refractivity contribution >= 4 is 0 Å². The third kappa shape index (κ3) is 6.49. The lowest BCUT2D eigenvalue weighted by molar-refractivity contribution is -0.231. The average Bonchev–Trinajstić information content (AvgIpc) is 2.75. The Morgan fingerprint density at radius 2 is 1.87 bits per heavy atom. The summed E-state index contributed by atoms with van der Waals surface area (Å²) in [5.41, 5.74) is 4.38. The Kier molecular flexibility index (Phi) is 9.42. The first-order chi connectivity index (χ1) is 14.7. The second-order valence-electron chi connectivity index (χ2n) is 8.74. The maximum Gasteiger partial charge on any atom is 0.113 e. The standard InChI is InChI=1S/C25H35NO5/c1-5-17(10-15(2)3)7-6-16(4)11-20-12-18(8-9-19(20)13-26)25-24(30)23(29)22(28)21(14-27)31-25/h6-9,12,15,21-25,27-30H,5,10-11,14H2,1-4H3/b16-6+,17-7+/t21-,22+,23-,24+,25+/m0/s1. The Labute approximate surface area is 185 Å². The summed E-state index contributed by atoms with van der Waals surface area (Å²) in [6, 6.07) is 7.34. The predicted octanol–water partition coefficient (Wildman–Crippen LogP) is 2.94. The third-order valence-corrected chi connectivity index (χ3v) is 5.67. The first-order valence-corrected chi connectivity index (χ1v) is 10.9. The Morgan fingerprint density at radius 3 is 2.45 bits per heavy atom. The first kappa shape index (κ1) is 25.3. The molecule has 0 bridgehead atoms. The molecular formula is C25H35NO5. The van der Waals surface area contributed by atoms with Crippen molar-refractivity contribution in [2.45, 2.75) is 77.5 Å². The van der Waals surface area contributed by atoms with E-state index in [2.05, 4.69) is 39.0 Å². The fraction of sp³-hybridized carbons (Fsp3) is 0.560. The fourth-order valence-electron chi connectivity index (χ4n) is 3.90. The maximum absolute atomic E-state index is 10.4. The Balaban J connectivity index is 2.29. The number of benzene rings is 1. The van der Waals surface area contributed by atoms with Gasteiger partial charge in [-0.2, -0.15) is 5.26 Å². The Hall–Kier alpha value is -2.01. The summed E-state index contributed by atoms with van der Waals surface area (Å²) in [7, 11) is 0. The minimum atomic E-state index is -1.44. The minimum Gasteiger partial charge on any atom is -0.394 e. The van der Waals surface area contributed by atoms with E-state index in [1.807, 2.05) is 6.92 Å². The van der Waals surface area contributed by atoms with Gasteiger partial charge in [-0.1, -0.05) is 56.2 Å². The molecule has 6 nitrogen and oxygen atoms in total. The van der Waals surface area contributed by atoms with Crippen molar-refractivity contribution < 1.29 is 25.2 Å². The zero-order chi connectivity index (χ0) is 23.1. The zero-order valence-corrected chi connectivity index (χ0v) is 18.8. The molecule has 1 aliphatic rings. The second kappa shape index (κ2) is 11.6. The molecule has 0 spiro atoms. The molecule has 0 amide bonds. The van der Waals surface area contributed by atoms with Gasteiger partial charge in [-0.15, -0.1) is 0 Å². The van der Waals surface area contributed by atoms with Crippen molar-refractivity contribution in [1.82, 2.24) is 0 Å². The maximum atomic E-state index is 10.4. The number of aliphatic hydroxyl groups excluding tert-OH is 4. The van der Waals surface area contributed by atoms with Gasteiger partial charge in [0.15, 0.2) is 0 Å². The average molecular weight is 430 g/mol. The predicted molar refractivity (Wildman–Crippen MR) is 119 cm³/mol. The van der Waals surface area contributed by atoms with Gasteiger partial charge >= 0.3 is 0 Å². The van der Waals surface area contributed by atoms with Crippen molar-refractivity contribution in [3.63, 3.8) is 0 Å². The normalized spacial score (nSPS) is 27.4. The first-order valence-electron chi connectivity index (χ1n) is 10.9. The number of hydrogen-bond acceptors (Lipinski definition) is 6. The molecule has 1 aromatic carbocycles. The number of aliphatic hydroxyl groups is 4. The van der Waals surface area contributed by atoms with Gasteiger partial charge in [0, 0.05) is 0 Å². The molecule has 1 heterocycles. The SMILES string of the molecule is CC/C(=C\C=C(/C)Cc1cc([C@H]2O[C@@H](CO)[C@@H](O)[C@H](O)[C@H]2O)ccc1C#N)CC(C)C. The topological polar surface area (TPSA) is 114 Å². The summed E-state index contributed by atoms with van der Waals surface area (Å²) in [4.78, 5) is 0. The molecule has 1 aliphatic heterocycles. The van der Waals surface area contributed by atoms with Crippen LogP contribution >= 0.6 is 0 Å². The number of nitrogens with zero attached hydrogens (tertiary/aromatic N) is 1. The number of rotatable bonds is 8. The van der Waals surface area contributed by atoms with Gasteiger partial charge in [0.1, 0.15) is 30.5 Å². The largest absolute Gasteiger partial charge is 0.394 e. The number of ether oxygens (including phenoxy) is 1. The van der Waals surface area contributed by atoms with Gasteiger partial charge in [-0.3, -0.25) is 0 Å². The Bertz CT molecular complexity index is 837. The van der Waals surface area contributed by atoms with Crippen molar-refractivity contribution in [3.8, 4) is 6.07 Å². The molecule has 170 valence electrons. The van der Waals surface area contributed by atoms with Crippen LogP contribution in [0.4, 0.5) is 0 Å². The van der Waals surface area contributed by atoms with Crippen LogP contribution in [0.5, 0.6) is 0 Å². The molecule has 31 heavy (non-hydrogen) atoms. The van der Waals surface area contributed by atoms with E-state index in [-0.39, 0.29) is 0 Å². The molecule has 2 rings (SSSR count). The minimum absolute atomic E-state index is 0.477. The summed E-state index contributed by atoms with van der Waals surface area (Å²) >= 11 is 0. The van der Waals surface area contributed by atoms with Crippen LogP contribution in [0.2, 0.25) is 0 Å². The van der Waals surface area contributed by atoms with E-state index >= 15 is 0 Å². The van der Waals surface area contributed by atoms with E-state index in [9.17, 15) is 25.7 Å². The summed E-state index contributed by atoms with van der Waals surface area (Å²) in [5, 5.41) is 49.5. The van der Waals surface area contributed by atoms with Crippen LogP contribution in [-0.4, -0.2) is 51.4 Å². The van der Waals surface area contributed by atoms with Crippen molar-refractivity contribution in [2.24, 2.45) is 5.92 Å². The number of allylic oxidation sites excluding steroid dienone is 4. The van der Waals surface area contributed by atoms with E-state index in [0.717, 1.165) is 24.0 Å². The highest BCUT2D eigenvalue weighted by molar-refractivity contribution is 5.43. The van der Waals surface area contributed by atoms with Crippen LogP contribution in [0.25, 0.3) is 0 Å². The monoisotopic (exact) mass is 429 g/mol. The van der Waals surface area contributed by atoms with Gasteiger partial charge in [0.2, 0.25) is 0 Å². The fourth-order valence-corrected chi connectivity index (χ4v) is 3.90. The number of hydrogen-bond donors (Lipinski definition) is 4. The molecule has 1 aromatic rings. The van der Waals surface area contributed by atoms with Gasteiger partial charge in [-0.25, -0.2) is 0 Å². The van der Waals surface area contributed by atoms with Crippen LogP contribution in [0.1, 0.15) is 63.3 Å². The highest BCUT2D eigenvalue weighted by atomic mass is 16.5.